The van der Waals surface area contributed by atoms with Crippen LogP contribution in [0.3, 0.4) is 0 Å². The van der Waals surface area contributed by atoms with Gasteiger partial charge in [0.25, 0.3) is 0 Å². The molecule has 1 aliphatic heterocycles. The molecular weight excluding hydrogens is 162 g/mol. The molecule has 0 aliphatic carbocycles. The van der Waals surface area contributed by atoms with Crippen LogP contribution in [0.2, 0.25) is 0 Å². The summed E-state index contributed by atoms with van der Waals surface area (Å²) < 4.78 is 0. The lowest BCUT2D eigenvalue weighted by Crippen LogP contribution is -2.43. The van der Waals surface area contributed by atoms with Crippen LogP contribution in [0.1, 0.15) is 17.5 Å². The first-order valence-electron chi connectivity index (χ1n) is 4.55. The van der Waals surface area contributed by atoms with Crippen LogP contribution in [-0.4, -0.2) is 12.5 Å². The molecule has 1 aromatic carbocycles. The fraction of sp³-hybridized carbons (Fsp3) is 0.364. The number of rotatable bonds is 1. The van der Waals surface area contributed by atoms with E-state index in [9.17, 15) is 4.79 Å². The molecule has 1 amide bonds. The van der Waals surface area contributed by atoms with Crippen molar-refractivity contribution in [2.75, 3.05) is 11.4 Å². The zero-order valence-electron chi connectivity index (χ0n) is 8.00. The third kappa shape index (κ3) is 1.44. The van der Waals surface area contributed by atoms with Gasteiger partial charge in [-0.25, -0.2) is 0 Å². The number of amides is 1. The third-order valence-corrected chi connectivity index (χ3v) is 2.37. The molecule has 0 unspecified atom stereocenters. The van der Waals surface area contributed by atoms with Crippen molar-refractivity contribution in [1.29, 1.82) is 0 Å². The van der Waals surface area contributed by atoms with Crippen molar-refractivity contribution >= 4 is 11.6 Å². The molecule has 1 fully saturated rings. The summed E-state index contributed by atoms with van der Waals surface area (Å²) in [6.07, 6.45) is 0.701. The summed E-state index contributed by atoms with van der Waals surface area (Å²) >= 11 is 0. The van der Waals surface area contributed by atoms with Crippen molar-refractivity contribution in [3.05, 3.63) is 29.3 Å². The number of hydrogen-bond acceptors (Lipinski definition) is 1. The van der Waals surface area contributed by atoms with Crippen molar-refractivity contribution < 1.29 is 4.79 Å². The Morgan fingerprint density at radius 1 is 1.15 bits per heavy atom. The molecule has 0 N–H and O–H groups in total. The van der Waals surface area contributed by atoms with E-state index < -0.39 is 0 Å². The molecule has 0 aromatic heterocycles. The maximum atomic E-state index is 11.2. The topological polar surface area (TPSA) is 20.3 Å². The molecule has 0 bridgehead atoms. The quantitative estimate of drug-likeness (QED) is 0.598. The number of carbonyl (C=O) groups is 1. The molecule has 2 heteroatoms. The molecule has 0 spiro atoms. The zero-order chi connectivity index (χ0) is 9.42. The lowest BCUT2D eigenvalue weighted by molar-refractivity contribution is -0.122. The normalized spacial score (nSPS) is 15.8. The Morgan fingerprint density at radius 3 is 2.15 bits per heavy atom. The maximum absolute atomic E-state index is 11.2. The van der Waals surface area contributed by atoms with E-state index in [-0.39, 0.29) is 5.91 Å². The molecule has 68 valence electrons. The number of carbonyl (C=O) groups excluding carboxylic acids is 1. The van der Waals surface area contributed by atoms with Gasteiger partial charge in [0.1, 0.15) is 0 Å². The van der Waals surface area contributed by atoms with Crippen molar-refractivity contribution in [2.24, 2.45) is 0 Å². The van der Waals surface area contributed by atoms with Crippen LogP contribution < -0.4 is 4.90 Å². The number of nitrogens with zero attached hydrogens (tertiary/aromatic N) is 1. The molecule has 0 atom stereocenters. The van der Waals surface area contributed by atoms with E-state index in [1.54, 1.807) is 0 Å². The maximum Gasteiger partial charge on any atom is 0.228 e. The largest absolute Gasteiger partial charge is 0.312 e. The van der Waals surface area contributed by atoms with E-state index in [4.69, 9.17) is 0 Å². The van der Waals surface area contributed by atoms with Crippen LogP contribution in [-0.2, 0) is 4.79 Å². The minimum atomic E-state index is 0.241. The van der Waals surface area contributed by atoms with Gasteiger partial charge in [-0.3, -0.25) is 4.79 Å². The highest BCUT2D eigenvalue weighted by molar-refractivity contribution is 5.99. The van der Waals surface area contributed by atoms with E-state index in [0.717, 1.165) is 12.2 Å². The van der Waals surface area contributed by atoms with Crippen molar-refractivity contribution in [3.8, 4) is 0 Å². The number of β-lactam (4-membered cyclic amide) rings is 1. The fourth-order valence-corrected chi connectivity index (χ4v) is 1.69. The number of aryl methyl sites for hydroxylation is 2. The van der Waals surface area contributed by atoms with Crippen LogP contribution in [0.4, 0.5) is 5.69 Å². The van der Waals surface area contributed by atoms with E-state index in [2.05, 4.69) is 32.0 Å². The monoisotopic (exact) mass is 175 g/mol. The molecular formula is C11H13NO. The zero-order valence-corrected chi connectivity index (χ0v) is 8.00. The highest BCUT2D eigenvalue weighted by Gasteiger charge is 2.25. The standard InChI is InChI=1S/C11H13NO/c1-8-5-9(2)7-10(6-8)12-4-3-11(12)13/h5-7H,3-4H2,1-2H3. The number of benzene rings is 1. The first-order chi connectivity index (χ1) is 6.16. The Labute approximate surface area is 78.2 Å². The van der Waals surface area contributed by atoms with Crippen LogP contribution >= 0.6 is 0 Å². The Bertz CT molecular complexity index is 337. The molecule has 1 saturated heterocycles. The minimum absolute atomic E-state index is 0.241. The van der Waals surface area contributed by atoms with E-state index in [0.29, 0.717) is 6.42 Å². The first kappa shape index (κ1) is 8.30. The molecule has 0 saturated carbocycles. The van der Waals surface area contributed by atoms with Gasteiger partial charge in [-0.2, -0.15) is 0 Å². The van der Waals surface area contributed by atoms with E-state index in [1.807, 2.05) is 4.90 Å². The SMILES string of the molecule is Cc1cc(C)cc(N2CCC2=O)c1. The second-order valence-electron chi connectivity index (χ2n) is 3.64. The van der Waals surface area contributed by atoms with Gasteiger partial charge in [0.2, 0.25) is 5.91 Å². The molecule has 2 rings (SSSR count). The van der Waals surface area contributed by atoms with Gasteiger partial charge in [0.15, 0.2) is 0 Å². The number of hydrogen-bond donors (Lipinski definition) is 0. The molecule has 2 nitrogen and oxygen atoms in total. The summed E-state index contributed by atoms with van der Waals surface area (Å²) in [6, 6.07) is 6.24. The summed E-state index contributed by atoms with van der Waals surface area (Å²) in [6.45, 7) is 4.99. The average molecular weight is 175 g/mol. The van der Waals surface area contributed by atoms with Gasteiger partial charge in [-0.1, -0.05) is 6.07 Å². The third-order valence-electron chi connectivity index (χ3n) is 2.37. The van der Waals surface area contributed by atoms with Gasteiger partial charge < -0.3 is 4.90 Å². The van der Waals surface area contributed by atoms with Gasteiger partial charge in [-0.15, -0.1) is 0 Å². The van der Waals surface area contributed by atoms with Crippen LogP contribution in [0.25, 0.3) is 0 Å². The van der Waals surface area contributed by atoms with Crippen LogP contribution in [0.5, 0.6) is 0 Å². The Hall–Kier alpha value is -1.31. The van der Waals surface area contributed by atoms with Gasteiger partial charge in [0.05, 0.1) is 0 Å². The Kier molecular flexibility index (Phi) is 1.83. The molecule has 0 radical (unpaired) electrons. The second kappa shape index (κ2) is 2.87. The Balaban J connectivity index is 2.34. The summed E-state index contributed by atoms with van der Waals surface area (Å²) in [7, 11) is 0. The summed E-state index contributed by atoms with van der Waals surface area (Å²) in [4.78, 5) is 13.0. The fourth-order valence-electron chi connectivity index (χ4n) is 1.69. The van der Waals surface area contributed by atoms with E-state index in [1.165, 1.54) is 11.1 Å². The van der Waals surface area contributed by atoms with Crippen molar-refractivity contribution in [2.45, 2.75) is 20.3 Å². The lowest BCUT2D eigenvalue weighted by Gasteiger charge is -2.31. The molecule has 1 heterocycles. The van der Waals surface area contributed by atoms with Crippen LogP contribution in [0, 0.1) is 13.8 Å². The molecule has 1 aliphatic rings. The lowest BCUT2D eigenvalue weighted by atomic mass is 10.1. The average Bonchev–Trinajstić information content (AvgIpc) is 1.99. The first-order valence-corrected chi connectivity index (χ1v) is 4.55. The molecule has 1 aromatic rings. The Morgan fingerprint density at radius 2 is 1.77 bits per heavy atom. The molecule has 13 heavy (non-hydrogen) atoms. The van der Waals surface area contributed by atoms with Crippen molar-refractivity contribution in [1.82, 2.24) is 0 Å². The predicted molar refractivity (Wildman–Crippen MR) is 52.9 cm³/mol. The summed E-state index contributed by atoms with van der Waals surface area (Å²) in [5, 5.41) is 0. The summed E-state index contributed by atoms with van der Waals surface area (Å²) in [5.74, 6) is 0.241. The highest BCUT2D eigenvalue weighted by Crippen LogP contribution is 2.23. The highest BCUT2D eigenvalue weighted by atomic mass is 16.2. The van der Waals surface area contributed by atoms with Gasteiger partial charge >= 0.3 is 0 Å². The van der Waals surface area contributed by atoms with Crippen LogP contribution in [0.15, 0.2) is 18.2 Å². The summed E-state index contributed by atoms with van der Waals surface area (Å²) in [5.41, 5.74) is 3.48. The second-order valence-corrected chi connectivity index (χ2v) is 3.64. The van der Waals surface area contributed by atoms with Gasteiger partial charge in [0, 0.05) is 18.7 Å². The van der Waals surface area contributed by atoms with Crippen molar-refractivity contribution in [3.63, 3.8) is 0 Å². The van der Waals surface area contributed by atoms with E-state index >= 15 is 0 Å². The number of anilines is 1. The van der Waals surface area contributed by atoms with Gasteiger partial charge in [-0.05, 0) is 37.1 Å². The predicted octanol–water partition coefficient (Wildman–Crippen LogP) is 2.04. The minimum Gasteiger partial charge on any atom is -0.312 e. The smallest absolute Gasteiger partial charge is 0.228 e.